The molecule has 4 rings (SSSR count). The molecule has 1 unspecified atom stereocenters. The maximum atomic E-state index is 14.6. The van der Waals surface area contributed by atoms with Crippen LogP contribution in [0.5, 0.6) is 0 Å². The van der Waals surface area contributed by atoms with Gasteiger partial charge < -0.3 is 14.4 Å². The fourth-order valence-electron chi connectivity index (χ4n) is 4.23. The molecule has 0 N–H and O–H groups in total. The van der Waals surface area contributed by atoms with Crippen LogP contribution in [0.2, 0.25) is 0 Å². The Morgan fingerprint density at radius 3 is 2.67 bits per heavy atom. The number of hydrogen-bond donors (Lipinski definition) is 0. The molecule has 178 valence electrons. The molecule has 1 aromatic carbocycles. The average Bonchev–Trinajstić information content (AvgIpc) is 3.31. The number of esters is 1. The highest BCUT2D eigenvalue weighted by molar-refractivity contribution is 7.91. The first-order valence-electron chi connectivity index (χ1n) is 10.7. The molecule has 3 heterocycles. The molecule has 2 aliphatic rings. The molecule has 0 spiro atoms. The topological polar surface area (TPSA) is 108 Å². The lowest BCUT2D eigenvalue weighted by atomic mass is 10.0. The van der Waals surface area contributed by atoms with E-state index in [2.05, 4.69) is 5.10 Å². The normalized spacial score (nSPS) is 19.1. The largest absolute Gasteiger partial charge is 0.461 e. The van der Waals surface area contributed by atoms with Crippen molar-refractivity contribution in [3.8, 4) is 11.3 Å². The van der Waals surface area contributed by atoms with E-state index in [-0.39, 0.29) is 36.0 Å². The molecule has 33 heavy (non-hydrogen) atoms. The van der Waals surface area contributed by atoms with E-state index in [4.69, 9.17) is 9.47 Å². The van der Waals surface area contributed by atoms with Crippen molar-refractivity contribution in [1.82, 2.24) is 14.7 Å². The molecule has 1 fully saturated rings. The van der Waals surface area contributed by atoms with Gasteiger partial charge in [-0.15, -0.1) is 0 Å². The van der Waals surface area contributed by atoms with Crippen molar-refractivity contribution in [1.29, 1.82) is 0 Å². The minimum Gasteiger partial charge on any atom is -0.461 e. The SMILES string of the molecule is CCOC(=O)c1nn(C2CCN(C(=O)OC(C)(C)C)C2)c2c1CS(=O)(=O)c1c(F)cccc1-2. The van der Waals surface area contributed by atoms with Gasteiger partial charge >= 0.3 is 12.1 Å². The molecule has 9 nitrogen and oxygen atoms in total. The number of rotatable bonds is 3. The predicted octanol–water partition coefficient (Wildman–Crippen LogP) is 3.34. The molecular weight excluding hydrogens is 453 g/mol. The molecular formula is C22H26FN3O6S. The number of sulfone groups is 1. The number of aromatic nitrogens is 2. The second-order valence-electron chi connectivity index (χ2n) is 9.09. The Morgan fingerprint density at radius 2 is 2.00 bits per heavy atom. The van der Waals surface area contributed by atoms with Crippen LogP contribution in [0.15, 0.2) is 23.1 Å². The second-order valence-corrected chi connectivity index (χ2v) is 11.0. The lowest BCUT2D eigenvalue weighted by Gasteiger charge is -2.25. The van der Waals surface area contributed by atoms with Crippen LogP contribution in [-0.2, 0) is 25.1 Å². The highest BCUT2D eigenvalue weighted by Crippen LogP contribution is 2.43. The smallest absolute Gasteiger partial charge is 0.410 e. The number of hydrogen-bond acceptors (Lipinski definition) is 7. The lowest BCUT2D eigenvalue weighted by molar-refractivity contribution is 0.0287. The number of benzene rings is 1. The summed E-state index contributed by atoms with van der Waals surface area (Å²) in [6.45, 7) is 7.71. The van der Waals surface area contributed by atoms with E-state index in [0.29, 0.717) is 18.7 Å². The number of fused-ring (bicyclic) bond motifs is 3. The fraction of sp³-hybridized carbons (Fsp3) is 0.500. The third kappa shape index (κ3) is 4.21. The standard InChI is InChI=1S/C22H26FN3O6S/c1-5-31-20(27)17-15-12-33(29,30)19-14(7-6-8-16(19)23)18(15)26(24-17)13-9-10-25(11-13)21(28)32-22(2,3)4/h6-8,13H,5,9-12H2,1-4H3. The molecule has 11 heteroatoms. The van der Waals surface area contributed by atoms with Crippen molar-refractivity contribution < 1.29 is 31.9 Å². The van der Waals surface area contributed by atoms with Crippen molar-refractivity contribution in [2.45, 2.75) is 56.4 Å². The number of carbonyl (C=O) groups excluding carboxylic acids is 2. The molecule has 2 aromatic rings. The van der Waals surface area contributed by atoms with Crippen LogP contribution in [0.25, 0.3) is 11.3 Å². The van der Waals surface area contributed by atoms with Crippen LogP contribution in [0.4, 0.5) is 9.18 Å². The zero-order valence-electron chi connectivity index (χ0n) is 18.9. The van der Waals surface area contributed by atoms with Crippen molar-refractivity contribution in [3.63, 3.8) is 0 Å². The summed E-state index contributed by atoms with van der Waals surface area (Å²) in [4.78, 5) is 26.3. The van der Waals surface area contributed by atoms with E-state index in [1.165, 1.54) is 12.1 Å². The van der Waals surface area contributed by atoms with Gasteiger partial charge in [0, 0.05) is 24.2 Å². The number of likely N-dealkylation sites (tertiary alicyclic amines) is 1. The zero-order valence-corrected chi connectivity index (χ0v) is 19.7. The van der Waals surface area contributed by atoms with Crippen molar-refractivity contribution in [2.75, 3.05) is 19.7 Å². The Morgan fingerprint density at radius 1 is 1.27 bits per heavy atom. The van der Waals surface area contributed by atoms with Crippen molar-refractivity contribution >= 4 is 21.9 Å². The molecule has 1 aromatic heterocycles. The van der Waals surface area contributed by atoms with Crippen LogP contribution in [0, 0.1) is 5.82 Å². The fourth-order valence-corrected chi connectivity index (χ4v) is 5.89. The molecule has 0 radical (unpaired) electrons. The number of carbonyl (C=O) groups is 2. The number of nitrogens with zero attached hydrogens (tertiary/aromatic N) is 3. The first kappa shape index (κ1) is 23.2. The third-order valence-electron chi connectivity index (χ3n) is 5.51. The van der Waals surface area contributed by atoms with Gasteiger partial charge in [0.1, 0.15) is 16.3 Å². The highest BCUT2D eigenvalue weighted by atomic mass is 32.2. The summed E-state index contributed by atoms with van der Waals surface area (Å²) in [7, 11) is -4.03. The van der Waals surface area contributed by atoms with Gasteiger partial charge in [-0.3, -0.25) is 4.68 Å². The summed E-state index contributed by atoms with van der Waals surface area (Å²) in [6.07, 6.45) is 0.0400. The molecule has 0 aliphatic carbocycles. The van der Waals surface area contributed by atoms with E-state index in [1.54, 1.807) is 37.3 Å². The summed E-state index contributed by atoms with van der Waals surface area (Å²) in [5.74, 6) is -2.16. The van der Waals surface area contributed by atoms with Crippen LogP contribution < -0.4 is 0 Å². The summed E-state index contributed by atoms with van der Waals surface area (Å²) < 4.78 is 52.5. The monoisotopic (exact) mass is 479 g/mol. The van der Waals surface area contributed by atoms with Gasteiger partial charge in [0.05, 0.1) is 24.1 Å². The average molecular weight is 480 g/mol. The molecule has 1 saturated heterocycles. The number of amides is 1. The van der Waals surface area contributed by atoms with Gasteiger partial charge in [0.25, 0.3) is 0 Å². The molecule has 1 atom stereocenters. The predicted molar refractivity (Wildman–Crippen MR) is 116 cm³/mol. The summed E-state index contributed by atoms with van der Waals surface area (Å²) in [5.41, 5.74) is -0.0705. The van der Waals surface area contributed by atoms with Crippen LogP contribution in [-0.4, -0.2) is 60.5 Å². The Kier molecular flexibility index (Phi) is 5.71. The third-order valence-corrected chi connectivity index (χ3v) is 7.21. The van der Waals surface area contributed by atoms with Crippen LogP contribution in [0.1, 0.15) is 56.2 Å². The van der Waals surface area contributed by atoms with Gasteiger partial charge in [-0.1, -0.05) is 12.1 Å². The summed E-state index contributed by atoms with van der Waals surface area (Å²) in [6, 6.07) is 3.66. The van der Waals surface area contributed by atoms with Gasteiger partial charge in [-0.25, -0.2) is 22.4 Å². The maximum absolute atomic E-state index is 14.6. The molecule has 0 saturated carbocycles. The summed E-state index contributed by atoms with van der Waals surface area (Å²) in [5, 5.41) is 4.43. The second kappa shape index (κ2) is 8.12. The van der Waals surface area contributed by atoms with E-state index in [0.717, 1.165) is 6.07 Å². The van der Waals surface area contributed by atoms with Crippen LogP contribution in [0.3, 0.4) is 0 Å². The lowest BCUT2D eigenvalue weighted by Crippen LogP contribution is -2.35. The van der Waals surface area contributed by atoms with Gasteiger partial charge in [0.2, 0.25) is 0 Å². The first-order valence-corrected chi connectivity index (χ1v) is 12.4. The molecule has 2 aliphatic heterocycles. The van der Waals surface area contributed by atoms with E-state index >= 15 is 0 Å². The van der Waals surface area contributed by atoms with Crippen LogP contribution >= 0.6 is 0 Å². The minimum absolute atomic E-state index is 0.0915. The quantitative estimate of drug-likeness (QED) is 0.622. The zero-order chi connectivity index (χ0) is 24.1. The Balaban J connectivity index is 1.80. The Labute approximate surface area is 191 Å². The van der Waals surface area contributed by atoms with E-state index in [9.17, 15) is 22.4 Å². The first-order chi connectivity index (χ1) is 15.4. The molecule has 1 amide bonds. The molecule has 0 bridgehead atoms. The Hall–Kier alpha value is -2.95. The number of ether oxygens (including phenoxy) is 2. The van der Waals surface area contributed by atoms with Crippen molar-refractivity contribution in [2.24, 2.45) is 0 Å². The van der Waals surface area contributed by atoms with Gasteiger partial charge in [0.15, 0.2) is 15.5 Å². The number of halogens is 1. The summed E-state index contributed by atoms with van der Waals surface area (Å²) >= 11 is 0. The van der Waals surface area contributed by atoms with E-state index in [1.807, 2.05) is 0 Å². The van der Waals surface area contributed by atoms with E-state index < -0.39 is 44.0 Å². The van der Waals surface area contributed by atoms with Gasteiger partial charge in [-0.05, 0) is 40.2 Å². The van der Waals surface area contributed by atoms with Gasteiger partial charge in [-0.2, -0.15) is 5.10 Å². The highest BCUT2D eigenvalue weighted by Gasteiger charge is 2.41. The van der Waals surface area contributed by atoms with Crippen molar-refractivity contribution in [3.05, 3.63) is 35.3 Å². The minimum atomic E-state index is -4.03. The maximum Gasteiger partial charge on any atom is 0.410 e. The Bertz CT molecular complexity index is 1230.